The van der Waals surface area contributed by atoms with Crippen molar-refractivity contribution in [2.75, 3.05) is 20.2 Å². The van der Waals surface area contributed by atoms with Gasteiger partial charge in [0.15, 0.2) is 11.7 Å². The number of hydrogen-bond donors (Lipinski definition) is 2. The first-order valence-corrected chi connectivity index (χ1v) is 7.52. The predicted octanol–water partition coefficient (Wildman–Crippen LogP) is 2.80. The van der Waals surface area contributed by atoms with Crippen molar-refractivity contribution in [2.24, 2.45) is 0 Å². The zero-order chi connectivity index (χ0) is 15.6. The molecule has 0 amide bonds. The molecule has 1 heterocycles. The lowest BCUT2D eigenvalue weighted by Crippen LogP contribution is -2.53. The van der Waals surface area contributed by atoms with Gasteiger partial charge in [0.1, 0.15) is 18.1 Å². The molecule has 0 aromatic heterocycles. The van der Waals surface area contributed by atoms with Gasteiger partial charge in [-0.1, -0.05) is 41.9 Å². The van der Waals surface area contributed by atoms with Crippen LogP contribution in [-0.4, -0.2) is 30.9 Å². The van der Waals surface area contributed by atoms with E-state index >= 15 is 0 Å². The standard InChI is InChI=1S/C17H18ClNO3/c1-19-10-17(20)11-21-14-8-4-2-6-12(14)16(17)22-15-9-5-3-7-13(15)18/h2-9,16,19-20H,10-11H2,1H3/t16-,17-/m1/s1. The molecule has 0 unspecified atom stereocenters. The molecule has 0 bridgehead atoms. The number of fused-ring (bicyclic) bond motifs is 1. The van der Waals surface area contributed by atoms with Crippen molar-refractivity contribution in [1.29, 1.82) is 0 Å². The topological polar surface area (TPSA) is 50.7 Å². The van der Waals surface area contributed by atoms with Crippen molar-refractivity contribution in [3.8, 4) is 11.5 Å². The van der Waals surface area contributed by atoms with Crippen LogP contribution in [0.1, 0.15) is 11.7 Å². The third-order valence-electron chi connectivity index (χ3n) is 3.73. The summed E-state index contributed by atoms with van der Waals surface area (Å²) in [7, 11) is 1.78. The molecule has 0 spiro atoms. The van der Waals surface area contributed by atoms with E-state index in [1.165, 1.54) is 0 Å². The summed E-state index contributed by atoms with van der Waals surface area (Å²) in [5.74, 6) is 1.26. The quantitative estimate of drug-likeness (QED) is 0.910. The number of aliphatic hydroxyl groups is 1. The van der Waals surface area contributed by atoms with Crippen LogP contribution in [0.2, 0.25) is 5.02 Å². The van der Waals surface area contributed by atoms with E-state index in [9.17, 15) is 5.11 Å². The second-order valence-electron chi connectivity index (χ2n) is 5.39. The van der Waals surface area contributed by atoms with Gasteiger partial charge in [-0.15, -0.1) is 0 Å². The van der Waals surface area contributed by atoms with E-state index in [1.807, 2.05) is 36.4 Å². The van der Waals surface area contributed by atoms with Gasteiger partial charge in [0.2, 0.25) is 0 Å². The molecule has 0 saturated carbocycles. The van der Waals surface area contributed by atoms with Crippen LogP contribution in [0.3, 0.4) is 0 Å². The van der Waals surface area contributed by atoms with E-state index in [0.29, 0.717) is 17.3 Å². The molecule has 1 aliphatic rings. The van der Waals surface area contributed by atoms with E-state index in [2.05, 4.69) is 5.32 Å². The number of likely N-dealkylation sites (N-methyl/N-ethyl adjacent to an activating group) is 1. The molecule has 22 heavy (non-hydrogen) atoms. The fourth-order valence-electron chi connectivity index (χ4n) is 2.69. The van der Waals surface area contributed by atoms with E-state index in [-0.39, 0.29) is 6.61 Å². The van der Waals surface area contributed by atoms with Crippen LogP contribution in [-0.2, 0) is 0 Å². The first-order valence-electron chi connectivity index (χ1n) is 7.14. The van der Waals surface area contributed by atoms with Crippen LogP contribution in [0.15, 0.2) is 48.5 Å². The normalized spacial score (nSPS) is 23.5. The average molecular weight is 320 g/mol. The molecule has 116 valence electrons. The maximum Gasteiger partial charge on any atom is 0.161 e. The van der Waals surface area contributed by atoms with Gasteiger partial charge < -0.3 is 19.9 Å². The number of halogens is 1. The van der Waals surface area contributed by atoms with Crippen LogP contribution < -0.4 is 14.8 Å². The molecule has 5 heteroatoms. The van der Waals surface area contributed by atoms with Gasteiger partial charge in [-0.25, -0.2) is 0 Å². The van der Waals surface area contributed by atoms with E-state index in [1.54, 1.807) is 19.2 Å². The molecule has 0 fully saturated rings. The Morgan fingerprint density at radius 3 is 2.77 bits per heavy atom. The molecule has 3 rings (SSSR count). The van der Waals surface area contributed by atoms with Gasteiger partial charge in [0.05, 0.1) is 5.02 Å². The minimum Gasteiger partial charge on any atom is -0.490 e. The minimum atomic E-state index is -1.18. The summed E-state index contributed by atoms with van der Waals surface area (Å²) < 4.78 is 11.8. The molecule has 0 saturated heterocycles. The summed E-state index contributed by atoms with van der Waals surface area (Å²) in [6.07, 6.45) is -0.565. The predicted molar refractivity (Wildman–Crippen MR) is 85.6 cm³/mol. The van der Waals surface area contributed by atoms with Gasteiger partial charge >= 0.3 is 0 Å². The van der Waals surface area contributed by atoms with Gasteiger partial charge in [0.25, 0.3) is 0 Å². The Hall–Kier alpha value is -1.75. The van der Waals surface area contributed by atoms with Crippen LogP contribution in [0.5, 0.6) is 11.5 Å². The molecular weight excluding hydrogens is 302 g/mol. The van der Waals surface area contributed by atoms with Gasteiger partial charge in [0, 0.05) is 12.1 Å². The van der Waals surface area contributed by atoms with E-state index in [0.717, 1.165) is 11.3 Å². The third kappa shape index (κ3) is 2.77. The number of benzene rings is 2. The highest BCUT2D eigenvalue weighted by Crippen LogP contribution is 2.41. The lowest BCUT2D eigenvalue weighted by Gasteiger charge is -2.40. The average Bonchev–Trinajstić information content (AvgIpc) is 2.52. The van der Waals surface area contributed by atoms with Crippen molar-refractivity contribution in [1.82, 2.24) is 5.32 Å². The van der Waals surface area contributed by atoms with Crippen molar-refractivity contribution < 1.29 is 14.6 Å². The molecule has 1 aliphatic heterocycles. The van der Waals surface area contributed by atoms with Crippen molar-refractivity contribution in [3.63, 3.8) is 0 Å². The molecule has 2 aromatic carbocycles. The molecular formula is C17H18ClNO3. The molecule has 4 nitrogen and oxygen atoms in total. The second kappa shape index (κ2) is 6.16. The number of para-hydroxylation sites is 2. The Morgan fingerprint density at radius 2 is 2.00 bits per heavy atom. The van der Waals surface area contributed by atoms with Crippen LogP contribution >= 0.6 is 11.6 Å². The van der Waals surface area contributed by atoms with Crippen molar-refractivity contribution in [3.05, 3.63) is 59.1 Å². The van der Waals surface area contributed by atoms with Crippen LogP contribution in [0.4, 0.5) is 0 Å². The first-order chi connectivity index (χ1) is 10.6. The summed E-state index contributed by atoms with van der Waals surface area (Å²) in [5.41, 5.74) is -0.367. The lowest BCUT2D eigenvalue weighted by molar-refractivity contribution is -0.101. The maximum absolute atomic E-state index is 11.0. The Balaban J connectivity index is 2.01. The van der Waals surface area contributed by atoms with Crippen LogP contribution in [0, 0.1) is 0 Å². The van der Waals surface area contributed by atoms with Gasteiger partial charge in [-0.3, -0.25) is 0 Å². The summed E-state index contributed by atoms with van der Waals surface area (Å²) >= 11 is 6.19. The summed E-state index contributed by atoms with van der Waals surface area (Å²) in [5, 5.41) is 14.5. The summed E-state index contributed by atoms with van der Waals surface area (Å²) in [4.78, 5) is 0. The van der Waals surface area contributed by atoms with Crippen molar-refractivity contribution >= 4 is 11.6 Å². The lowest BCUT2D eigenvalue weighted by atomic mass is 9.88. The molecule has 2 N–H and O–H groups in total. The Morgan fingerprint density at radius 1 is 1.27 bits per heavy atom. The summed E-state index contributed by atoms with van der Waals surface area (Å²) in [6, 6.07) is 14.8. The smallest absolute Gasteiger partial charge is 0.161 e. The number of ether oxygens (including phenoxy) is 2. The number of hydrogen-bond acceptors (Lipinski definition) is 4. The largest absolute Gasteiger partial charge is 0.490 e. The van der Waals surface area contributed by atoms with Gasteiger partial charge in [-0.2, -0.15) is 0 Å². The minimum absolute atomic E-state index is 0.153. The molecule has 0 radical (unpaired) electrons. The fourth-order valence-corrected chi connectivity index (χ4v) is 2.87. The molecule has 2 atom stereocenters. The van der Waals surface area contributed by atoms with E-state index in [4.69, 9.17) is 21.1 Å². The van der Waals surface area contributed by atoms with Crippen molar-refractivity contribution in [2.45, 2.75) is 11.7 Å². The SMILES string of the molecule is CNC[C@@]1(O)COc2ccccc2[C@H]1Oc1ccccc1Cl. The highest BCUT2D eigenvalue weighted by atomic mass is 35.5. The fraction of sp³-hybridized carbons (Fsp3) is 0.294. The molecule has 2 aromatic rings. The van der Waals surface area contributed by atoms with Gasteiger partial charge in [-0.05, 0) is 25.2 Å². The monoisotopic (exact) mass is 319 g/mol. The highest BCUT2D eigenvalue weighted by molar-refractivity contribution is 6.32. The zero-order valence-corrected chi connectivity index (χ0v) is 13.0. The number of rotatable bonds is 4. The van der Waals surface area contributed by atoms with Crippen LogP contribution in [0.25, 0.3) is 0 Å². The zero-order valence-electron chi connectivity index (χ0n) is 12.3. The maximum atomic E-state index is 11.0. The molecule has 0 aliphatic carbocycles. The third-order valence-corrected chi connectivity index (χ3v) is 4.04. The second-order valence-corrected chi connectivity index (χ2v) is 5.80. The number of nitrogens with one attached hydrogen (secondary N) is 1. The Kier molecular flexibility index (Phi) is 4.25. The highest BCUT2D eigenvalue weighted by Gasteiger charge is 2.45. The van der Waals surface area contributed by atoms with E-state index < -0.39 is 11.7 Å². The Labute approximate surface area is 134 Å². The first kappa shape index (κ1) is 15.2. The summed E-state index contributed by atoms with van der Waals surface area (Å²) in [6.45, 7) is 0.496. The Bertz CT molecular complexity index is 664.